The van der Waals surface area contributed by atoms with Gasteiger partial charge >= 0.3 is 0 Å². The third-order valence-electron chi connectivity index (χ3n) is 8.05. The van der Waals surface area contributed by atoms with Crippen molar-refractivity contribution in [3.63, 3.8) is 0 Å². The zero-order chi connectivity index (χ0) is 30.7. The van der Waals surface area contributed by atoms with E-state index < -0.39 is 0 Å². The molecule has 1 heterocycles. The molecule has 1 nitrogen and oxygen atoms in total. The van der Waals surface area contributed by atoms with E-state index in [9.17, 15) is 0 Å². The van der Waals surface area contributed by atoms with E-state index in [0.717, 1.165) is 57.8 Å². The van der Waals surface area contributed by atoms with E-state index in [2.05, 4.69) is 124 Å². The molecule has 230 valence electrons. The molecule has 0 amide bonds. The maximum atomic E-state index is 5.70. The molecule has 0 radical (unpaired) electrons. The maximum absolute atomic E-state index is 5.70. The monoisotopic (exact) mass is 560 g/mol. The Labute approximate surface area is 256 Å². The number of hydrogen-bond acceptors (Lipinski definition) is 1. The van der Waals surface area contributed by atoms with Crippen molar-refractivity contribution in [2.45, 2.75) is 158 Å². The van der Waals surface area contributed by atoms with Crippen LogP contribution in [0, 0.1) is 0 Å². The first-order valence-electron chi connectivity index (χ1n) is 16.3. The standard InChI is InChI=1S/C40H64O/c1-32(2)18-13-21-35(5)24-16-27-36(6)25-14-22-33(3)19-11-12-20-34(4)23-15-26-37(7)28-17-29-38(8)30-31-39-40(9,10)41-39/h11-12,18-20,24-26,29,39H,13-17,21-23,27-28,30-31H2,1-10H3/b12-11+,33-19+,34-20+,35-24+,36-25+,37-26+,38-29+. The van der Waals surface area contributed by atoms with Crippen molar-refractivity contribution in [2.24, 2.45) is 0 Å². The summed E-state index contributed by atoms with van der Waals surface area (Å²) in [6, 6.07) is 0. The summed E-state index contributed by atoms with van der Waals surface area (Å²) in [4.78, 5) is 0. The van der Waals surface area contributed by atoms with Crippen LogP contribution < -0.4 is 0 Å². The average molecular weight is 561 g/mol. The van der Waals surface area contributed by atoms with Crippen LogP contribution in [0.25, 0.3) is 0 Å². The van der Waals surface area contributed by atoms with Crippen LogP contribution >= 0.6 is 0 Å². The lowest BCUT2D eigenvalue weighted by Gasteiger charge is -2.03. The van der Waals surface area contributed by atoms with Gasteiger partial charge in [-0.05, 0) is 146 Å². The Balaban J connectivity index is 2.23. The summed E-state index contributed by atoms with van der Waals surface area (Å²) in [6.07, 6.45) is 35.3. The minimum Gasteiger partial charge on any atom is -0.367 e. The van der Waals surface area contributed by atoms with Crippen molar-refractivity contribution in [3.8, 4) is 0 Å². The smallest absolute Gasteiger partial charge is 0.0892 e. The van der Waals surface area contributed by atoms with Crippen molar-refractivity contribution in [3.05, 3.63) is 93.7 Å². The summed E-state index contributed by atoms with van der Waals surface area (Å²) < 4.78 is 5.70. The van der Waals surface area contributed by atoms with Crippen LogP contribution in [0.3, 0.4) is 0 Å². The first-order valence-corrected chi connectivity index (χ1v) is 16.3. The Kier molecular flexibility index (Phi) is 18.6. The highest BCUT2D eigenvalue weighted by atomic mass is 16.6. The molecule has 1 atom stereocenters. The van der Waals surface area contributed by atoms with Gasteiger partial charge in [-0.1, -0.05) is 93.7 Å². The van der Waals surface area contributed by atoms with E-state index in [-0.39, 0.29) is 5.60 Å². The largest absolute Gasteiger partial charge is 0.367 e. The fourth-order valence-corrected chi connectivity index (χ4v) is 4.89. The van der Waals surface area contributed by atoms with Gasteiger partial charge in [-0.2, -0.15) is 0 Å². The number of ether oxygens (including phenoxy) is 1. The average Bonchev–Trinajstić information content (AvgIpc) is 3.51. The number of allylic oxidation sites excluding steroid dienone is 16. The molecule has 41 heavy (non-hydrogen) atoms. The van der Waals surface area contributed by atoms with Gasteiger partial charge < -0.3 is 4.74 Å². The second-order valence-electron chi connectivity index (χ2n) is 13.3. The van der Waals surface area contributed by atoms with E-state index in [1.165, 1.54) is 58.3 Å². The minimum atomic E-state index is 0.122. The summed E-state index contributed by atoms with van der Waals surface area (Å²) in [5, 5.41) is 0. The number of rotatable bonds is 20. The van der Waals surface area contributed by atoms with Crippen LogP contribution in [0.2, 0.25) is 0 Å². The molecule has 1 rings (SSSR count). The molecule has 0 aliphatic carbocycles. The lowest BCUT2D eigenvalue weighted by molar-refractivity contribution is 0.320. The lowest BCUT2D eigenvalue weighted by Crippen LogP contribution is -2.02. The highest BCUT2D eigenvalue weighted by Crippen LogP contribution is 2.39. The fraction of sp³-hybridized carbons (Fsp3) is 0.600. The maximum Gasteiger partial charge on any atom is 0.0892 e. The normalized spacial score (nSPS) is 18.8. The van der Waals surface area contributed by atoms with Crippen molar-refractivity contribution in [1.29, 1.82) is 0 Å². The predicted octanol–water partition coefficient (Wildman–Crippen LogP) is 13.0. The second kappa shape index (κ2) is 20.7. The van der Waals surface area contributed by atoms with Crippen LogP contribution in [-0.2, 0) is 4.74 Å². The van der Waals surface area contributed by atoms with E-state index in [0.29, 0.717) is 6.10 Å². The van der Waals surface area contributed by atoms with Crippen molar-refractivity contribution in [2.75, 3.05) is 0 Å². The van der Waals surface area contributed by atoms with Crippen LogP contribution in [-0.4, -0.2) is 11.7 Å². The van der Waals surface area contributed by atoms with Crippen molar-refractivity contribution < 1.29 is 4.74 Å². The Hall–Kier alpha value is -2.12. The Bertz CT molecular complexity index is 1010. The van der Waals surface area contributed by atoms with E-state index in [1.54, 1.807) is 0 Å². The van der Waals surface area contributed by atoms with Crippen LogP contribution in [0.15, 0.2) is 93.7 Å². The van der Waals surface area contributed by atoms with Crippen molar-refractivity contribution >= 4 is 0 Å². The van der Waals surface area contributed by atoms with Crippen molar-refractivity contribution in [1.82, 2.24) is 0 Å². The highest BCUT2D eigenvalue weighted by molar-refractivity contribution is 5.19. The third-order valence-corrected chi connectivity index (χ3v) is 8.05. The van der Waals surface area contributed by atoms with Gasteiger partial charge in [0.25, 0.3) is 0 Å². The van der Waals surface area contributed by atoms with Crippen LogP contribution in [0.4, 0.5) is 0 Å². The molecular formula is C40H64O. The quantitative estimate of drug-likeness (QED) is 0.0819. The molecule has 0 N–H and O–H groups in total. The summed E-state index contributed by atoms with van der Waals surface area (Å²) in [5.74, 6) is 0. The van der Waals surface area contributed by atoms with E-state index in [1.807, 2.05) is 0 Å². The topological polar surface area (TPSA) is 12.5 Å². The zero-order valence-electron chi connectivity index (χ0n) is 28.7. The second-order valence-corrected chi connectivity index (χ2v) is 13.3. The minimum absolute atomic E-state index is 0.122. The summed E-state index contributed by atoms with van der Waals surface area (Å²) in [5.41, 5.74) is 10.5. The van der Waals surface area contributed by atoms with Crippen LogP contribution in [0.1, 0.15) is 146 Å². The summed E-state index contributed by atoms with van der Waals surface area (Å²) in [6.45, 7) is 22.3. The number of epoxide rings is 1. The molecule has 1 aliphatic rings. The Morgan fingerprint density at radius 1 is 0.488 bits per heavy atom. The molecule has 0 saturated carbocycles. The predicted molar refractivity (Wildman–Crippen MR) is 185 cm³/mol. The molecule has 0 aromatic carbocycles. The molecule has 1 saturated heterocycles. The molecule has 1 aliphatic heterocycles. The third kappa shape index (κ3) is 20.4. The molecule has 1 heteroatoms. The molecule has 0 aromatic heterocycles. The van der Waals surface area contributed by atoms with Gasteiger partial charge in [0.05, 0.1) is 11.7 Å². The van der Waals surface area contributed by atoms with Gasteiger partial charge in [0, 0.05) is 0 Å². The summed E-state index contributed by atoms with van der Waals surface area (Å²) in [7, 11) is 0. The molecule has 1 unspecified atom stereocenters. The Morgan fingerprint density at radius 2 is 0.805 bits per heavy atom. The molecule has 0 bridgehead atoms. The highest BCUT2D eigenvalue weighted by Gasteiger charge is 2.46. The van der Waals surface area contributed by atoms with Gasteiger partial charge in [-0.15, -0.1) is 0 Å². The molecule has 1 fully saturated rings. The van der Waals surface area contributed by atoms with Crippen LogP contribution in [0.5, 0.6) is 0 Å². The first-order chi connectivity index (χ1) is 19.4. The van der Waals surface area contributed by atoms with Gasteiger partial charge in [0.1, 0.15) is 0 Å². The SMILES string of the molecule is CC(C)=CCC/C(C)=C/CC/C(C)=C/CC/C(C)=C/C=C/C=C(\C)CC/C=C(\C)CC/C=C(\C)CCC1OC1(C)C. The van der Waals surface area contributed by atoms with Gasteiger partial charge in [0.2, 0.25) is 0 Å². The number of hydrogen-bond donors (Lipinski definition) is 0. The van der Waals surface area contributed by atoms with Gasteiger partial charge in [-0.25, -0.2) is 0 Å². The van der Waals surface area contributed by atoms with Gasteiger partial charge in [0.15, 0.2) is 0 Å². The zero-order valence-corrected chi connectivity index (χ0v) is 28.7. The molecule has 0 aromatic rings. The molecule has 0 spiro atoms. The fourth-order valence-electron chi connectivity index (χ4n) is 4.89. The van der Waals surface area contributed by atoms with E-state index >= 15 is 0 Å². The van der Waals surface area contributed by atoms with E-state index in [4.69, 9.17) is 4.74 Å². The summed E-state index contributed by atoms with van der Waals surface area (Å²) >= 11 is 0. The molecular weight excluding hydrogens is 496 g/mol. The van der Waals surface area contributed by atoms with Gasteiger partial charge in [-0.3, -0.25) is 0 Å². The first kappa shape index (κ1) is 36.9. The lowest BCUT2D eigenvalue weighted by atomic mass is 10.0. The Morgan fingerprint density at radius 3 is 1.15 bits per heavy atom.